The minimum absolute atomic E-state index is 0.0124. The van der Waals surface area contributed by atoms with Gasteiger partial charge in [-0.2, -0.15) is 5.10 Å². The van der Waals surface area contributed by atoms with E-state index in [2.05, 4.69) is 22.9 Å². The maximum absolute atomic E-state index is 14.4. The fraction of sp³-hybridized carbons (Fsp3) is 0.414. The van der Waals surface area contributed by atoms with Gasteiger partial charge in [-0.1, -0.05) is 25.6 Å². The van der Waals surface area contributed by atoms with E-state index in [9.17, 15) is 9.18 Å². The molecule has 190 valence electrons. The molecular formula is C29H36FN5O. The van der Waals surface area contributed by atoms with Crippen molar-refractivity contribution in [2.45, 2.75) is 65.3 Å². The summed E-state index contributed by atoms with van der Waals surface area (Å²) < 4.78 is 16.3. The molecule has 0 spiro atoms. The van der Waals surface area contributed by atoms with Crippen molar-refractivity contribution in [2.75, 3.05) is 13.1 Å². The zero-order valence-electron chi connectivity index (χ0n) is 21.6. The quantitative estimate of drug-likeness (QED) is 0.409. The second-order valence-electron chi connectivity index (χ2n) is 9.46. The highest BCUT2D eigenvalue weighted by molar-refractivity contribution is 5.76. The minimum Gasteiger partial charge on any atom is -0.363 e. The SMILES string of the molecule is C=C(c1cc(F)ccc1CCC(=O)NCCC)N1CCCCC1c1cc2nc(/C=C/C)cc(C)n2n1. The van der Waals surface area contributed by atoms with E-state index < -0.39 is 0 Å². The number of aryl methyl sites for hydroxylation is 2. The van der Waals surface area contributed by atoms with E-state index in [0.717, 1.165) is 71.8 Å². The predicted molar refractivity (Wildman–Crippen MR) is 143 cm³/mol. The summed E-state index contributed by atoms with van der Waals surface area (Å²) in [6, 6.07) is 8.90. The first-order valence-corrected chi connectivity index (χ1v) is 12.9. The zero-order valence-corrected chi connectivity index (χ0v) is 21.6. The molecule has 1 saturated heterocycles. The van der Waals surface area contributed by atoms with Gasteiger partial charge in [0, 0.05) is 42.5 Å². The normalized spacial score (nSPS) is 16.1. The van der Waals surface area contributed by atoms with Crippen molar-refractivity contribution < 1.29 is 9.18 Å². The number of allylic oxidation sites excluding steroid dienone is 1. The molecule has 1 amide bonds. The van der Waals surface area contributed by atoms with E-state index in [1.54, 1.807) is 12.1 Å². The summed E-state index contributed by atoms with van der Waals surface area (Å²) in [4.78, 5) is 19.2. The van der Waals surface area contributed by atoms with Crippen LogP contribution in [0.1, 0.15) is 80.2 Å². The largest absolute Gasteiger partial charge is 0.363 e. The lowest BCUT2D eigenvalue weighted by molar-refractivity contribution is -0.121. The third-order valence-corrected chi connectivity index (χ3v) is 6.75. The molecule has 6 nitrogen and oxygen atoms in total. The molecule has 1 fully saturated rings. The van der Waals surface area contributed by atoms with Crippen molar-refractivity contribution in [1.29, 1.82) is 0 Å². The van der Waals surface area contributed by atoms with Crippen LogP contribution in [0.5, 0.6) is 0 Å². The fourth-order valence-corrected chi connectivity index (χ4v) is 4.94. The van der Waals surface area contributed by atoms with Crippen molar-refractivity contribution in [1.82, 2.24) is 24.8 Å². The van der Waals surface area contributed by atoms with Crippen LogP contribution in [0.25, 0.3) is 17.4 Å². The summed E-state index contributed by atoms with van der Waals surface area (Å²) >= 11 is 0. The second-order valence-corrected chi connectivity index (χ2v) is 9.46. The van der Waals surface area contributed by atoms with Crippen LogP contribution in [0.3, 0.4) is 0 Å². The molecule has 36 heavy (non-hydrogen) atoms. The molecule has 1 unspecified atom stereocenters. The Morgan fingerprint density at radius 3 is 2.89 bits per heavy atom. The van der Waals surface area contributed by atoms with Crippen molar-refractivity contribution in [3.8, 4) is 0 Å². The summed E-state index contributed by atoms with van der Waals surface area (Å²) in [6.45, 7) is 11.9. The van der Waals surface area contributed by atoms with Crippen LogP contribution in [0.4, 0.5) is 4.39 Å². The van der Waals surface area contributed by atoms with Gasteiger partial charge in [0.25, 0.3) is 0 Å². The van der Waals surface area contributed by atoms with Gasteiger partial charge >= 0.3 is 0 Å². The van der Waals surface area contributed by atoms with Gasteiger partial charge in [-0.3, -0.25) is 4.79 Å². The van der Waals surface area contributed by atoms with Crippen molar-refractivity contribution >= 4 is 23.3 Å². The number of likely N-dealkylation sites (tertiary alicyclic amines) is 1. The molecule has 4 rings (SSSR count). The van der Waals surface area contributed by atoms with Gasteiger partial charge in [0.1, 0.15) is 5.82 Å². The lowest BCUT2D eigenvalue weighted by atomic mass is 9.94. The Balaban J connectivity index is 1.62. The summed E-state index contributed by atoms with van der Waals surface area (Å²) in [6.07, 6.45) is 8.83. The van der Waals surface area contributed by atoms with Crippen LogP contribution in [-0.2, 0) is 11.2 Å². The average molecular weight is 490 g/mol. The van der Waals surface area contributed by atoms with Crippen LogP contribution in [0.2, 0.25) is 0 Å². The first kappa shape index (κ1) is 25.6. The Labute approximate surface area is 212 Å². The average Bonchev–Trinajstić information content (AvgIpc) is 3.31. The van der Waals surface area contributed by atoms with E-state index in [4.69, 9.17) is 10.1 Å². The summed E-state index contributed by atoms with van der Waals surface area (Å²) in [5.41, 5.74) is 6.17. The van der Waals surface area contributed by atoms with Crippen LogP contribution >= 0.6 is 0 Å². The van der Waals surface area contributed by atoms with Gasteiger partial charge in [0.2, 0.25) is 5.91 Å². The number of benzene rings is 1. The van der Waals surface area contributed by atoms with Crippen LogP contribution in [0.15, 0.2) is 43.0 Å². The molecule has 2 aromatic heterocycles. The number of rotatable bonds is 9. The Kier molecular flexibility index (Phi) is 8.18. The molecule has 0 aliphatic carbocycles. The summed E-state index contributed by atoms with van der Waals surface area (Å²) in [5, 5.41) is 7.83. The molecule has 0 saturated carbocycles. The van der Waals surface area contributed by atoms with Crippen molar-refractivity contribution in [3.63, 3.8) is 0 Å². The molecule has 1 atom stereocenters. The van der Waals surface area contributed by atoms with E-state index >= 15 is 0 Å². The topological polar surface area (TPSA) is 62.5 Å². The lowest BCUT2D eigenvalue weighted by Crippen LogP contribution is -2.32. The smallest absolute Gasteiger partial charge is 0.220 e. The minimum atomic E-state index is -0.303. The number of nitrogens with zero attached hydrogens (tertiary/aromatic N) is 4. The number of carbonyl (C=O) groups excluding carboxylic acids is 1. The number of fused-ring (bicyclic) bond motifs is 1. The molecule has 1 N–H and O–H groups in total. The van der Waals surface area contributed by atoms with Crippen molar-refractivity contribution in [3.05, 3.63) is 77.0 Å². The second kappa shape index (κ2) is 11.5. The third-order valence-electron chi connectivity index (χ3n) is 6.75. The van der Waals surface area contributed by atoms with Gasteiger partial charge in [0.05, 0.1) is 17.4 Å². The Bertz CT molecular complexity index is 1280. The van der Waals surface area contributed by atoms with Crippen molar-refractivity contribution in [2.24, 2.45) is 0 Å². The predicted octanol–water partition coefficient (Wildman–Crippen LogP) is 5.87. The van der Waals surface area contributed by atoms with Crippen LogP contribution < -0.4 is 5.32 Å². The van der Waals surface area contributed by atoms with Crippen LogP contribution in [0, 0.1) is 12.7 Å². The number of hydrogen-bond donors (Lipinski definition) is 1. The molecule has 3 heterocycles. The first-order chi connectivity index (χ1) is 17.4. The number of nitrogens with one attached hydrogen (secondary N) is 1. The molecule has 7 heteroatoms. The number of aromatic nitrogens is 3. The molecule has 0 bridgehead atoms. The monoisotopic (exact) mass is 489 g/mol. The molecule has 1 aromatic carbocycles. The van der Waals surface area contributed by atoms with Gasteiger partial charge in [0.15, 0.2) is 5.65 Å². The number of hydrogen-bond acceptors (Lipinski definition) is 4. The Morgan fingerprint density at radius 1 is 1.28 bits per heavy atom. The van der Waals surface area contributed by atoms with E-state index in [0.29, 0.717) is 19.4 Å². The van der Waals surface area contributed by atoms with E-state index in [-0.39, 0.29) is 17.8 Å². The third kappa shape index (κ3) is 5.66. The summed E-state index contributed by atoms with van der Waals surface area (Å²) in [5.74, 6) is -0.290. The molecular weight excluding hydrogens is 453 g/mol. The molecule has 0 radical (unpaired) electrons. The maximum Gasteiger partial charge on any atom is 0.220 e. The first-order valence-electron chi connectivity index (χ1n) is 12.9. The van der Waals surface area contributed by atoms with E-state index in [1.165, 1.54) is 6.07 Å². The maximum atomic E-state index is 14.4. The zero-order chi connectivity index (χ0) is 25.7. The number of amides is 1. The standard InChI is InChI=1S/C29H36FN5O/c1-5-9-24-17-20(3)35-28(32-24)19-26(33-35)27-10-7-8-16-34(27)21(4)25-18-23(30)13-11-22(25)12-14-29(36)31-15-6-2/h5,9,11,13,17-19,27H,4,6-8,10,12,14-16H2,1-3H3,(H,31,36)/b9-5+. The number of carbonyl (C=O) groups is 1. The highest BCUT2D eigenvalue weighted by Crippen LogP contribution is 2.37. The Hall–Kier alpha value is -3.48. The number of halogens is 1. The van der Waals surface area contributed by atoms with Gasteiger partial charge in [-0.15, -0.1) is 0 Å². The fourth-order valence-electron chi connectivity index (χ4n) is 4.94. The van der Waals surface area contributed by atoms with Gasteiger partial charge in [-0.05, 0) is 75.8 Å². The number of piperidine rings is 1. The molecule has 1 aliphatic heterocycles. The molecule has 1 aliphatic rings. The highest BCUT2D eigenvalue weighted by atomic mass is 19.1. The molecule has 3 aromatic rings. The van der Waals surface area contributed by atoms with Gasteiger partial charge < -0.3 is 10.2 Å². The van der Waals surface area contributed by atoms with E-state index in [1.807, 2.05) is 43.5 Å². The van der Waals surface area contributed by atoms with Gasteiger partial charge in [-0.25, -0.2) is 13.9 Å². The summed E-state index contributed by atoms with van der Waals surface area (Å²) in [7, 11) is 0. The highest BCUT2D eigenvalue weighted by Gasteiger charge is 2.29. The van der Waals surface area contributed by atoms with Crippen LogP contribution in [-0.4, -0.2) is 38.5 Å². The lowest BCUT2D eigenvalue weighted by Gasteiger charge is -2.38. The Morgan fingerprint density at radius 2 is 2.11 bits per heavy atom.